The monoisotopic (exact) mass is 905 g/mol. The van der Waals surface area contributed by atoms with E-state index < -0.39 is 6.10 Å². The molecule has 0 heterocycles. The van der Waals surface area contributed by atoms with E-state index in [1.165, 1.54) is 109 Å². The van der Waals surface area contributed by atoms with Crippen LogP contribution in [0.25, 0.3) is 0 Å². The summed E-state index contributed by atoms with van der Waals surface area (Å²) < 4.78 is 16.8. The topological polar surface area (TPSA) is 78.9 Å². The first-order valence-electron chi connectivity index (χ1n) is 27.1. The Balaban J connectivity index is 4.50. The SMILES string of the molecule is CCC=CCC=CCC=CCC=CCC=CCCCC(=O)OCC(COC(=O)CCCCCCCC=CCCCCCCCC)OC(=O)CCCCCCCC=CCCCCCCCC. The molecule has 0 radical (unpaired) electrons. The number of esters is 3. The lowest BCUT2D eigenvalue weighted by atomic mass is 10.1. The molecule has 0 amide bonds. The summed E-state index contributed by atoms with van der Waals surface area (Å²) in [6, 6.07) is 0. The molecule has 6 heteroatoms. The van der Waals surface area contributed by atoms with Gasteiger partial charge in [-0.15, -0.1) is 0 Å². The first-order valence-corrected chi connectivity index (χ1v) is 27.1. The van der Waals surface area contributed by atoms with Crippen molar-refractivity contribution in [1.29, 1.82) is 0 Å². The minimum Gasteiger partial charge on any atom is -0.462 e. The molecular formula is C59H100O6. The number of hydrogen-bond donors (Lipinski definition) is 0. The summed E-state index contributed by atoms with van der Waals surface area (Å²) in [7, 11) is 0. The standard InChI is InChI=1S/C59H100O6/c1-4-7-10-13-16-19-22-25-28-29-32-34-37-40-43-46-49-52-58(61)64-55-56(65-59(62)53-50-47-44-41-38-35-31-27-24-21-18-15-12-9-6-3)54-63-57(60)51-48-45-42-39-36-33-30-26-23-20-17-14-11-8-5-2/h7,10,16,19,25-28,30-32,34,40,43,56H,4-6,8-9,11-15,17-18,20-24,29,33,35-39,41-42,44-55H2,1-3H3. The highest BCUT2D eigenvalue weighted by molar-refractivity contribution is 5.71. The van der Waals surface area contributed by atoms with Crippen molar-refractivity contribution in [2.24, 2.45) is 0 Å². The molecule has 0 aromatic carbocycles. The summed E-state index contributed by atoms with van der Waals surface area (Å²) in [6.45, 7) is 6.45. The third kappa shape index (κ3) is 51.4. The van der Waals surface area contributed by atoms with E-state index in [1.54, 1.807) is 0 Å². The Morgan fingerprint density at radius 3 is 1.02 bits per heavy atom. The van der Waals surface area contributed by atoms with Crippen molar-refractivity contribution in [3.05, 3.63) is 85.1 Å². The first kappa shape index (κ1) is 61.6. The molecule has 0 aliphatic rings. The zero-order chi connectivity index (χ0) is 47.2. The van der Waals surface area contributed by atoms with Gasteiger partial charge in [-0.25, -0.2) is 0 Å². The van der Waals surface area contributed by atoms with Crippen LogP contribution in [0.3, 0.4) is 0 Å². The fraction of sp³-hybridized carbons (Fsp3) is 0.712. The number of allylic oxidation sites excluding steroid dienone is 14. The Bertz CT molecular complexity index is 1270. The van der Waals surface area contributed by atoms with Gasteiger partial charge in [0.1, 0.15) is 13.2 Å². The molecule has 0 aromatic rings. The van der Waals surface area contributed by atoms with E-state index in [2.05, 4.69) is 106 Å². The molecule has 65 heavy (non-hydrogen) atoms. The van der Waals surface area contributed by atoms with Crippen LogP contribution in [-0.4, -0.2) is 37.2 Å². The van der Waals surface area contributed by atoms with Crippen LogP contribution in [0.2, 0.25) is 0 Å². The second kappa shape index (κ2) is 53.2. The van der Waals surface area contributed by atoms with Gasteiger partial charge in [-0.1, -0.05) is 209 Å². The van der Waals surface area contributed by atoms with E-state index in [9.17, 15) is 14.4 Å². The van der Waals surface area contributed by atoms with Crippen LogP contribution < -0.4 is 0 Å². The molecule has 0 aliphatic heterocycles. The molecule has 0 rings (SSSR count). The van der Waals surface area contributed by atoms with Crippen molar-refractivity contribution >= 4 is 17.9 Å². The smallest absolute Gasteiger partial charge is 0.306 e. The maximum atomic E-state index is 12.8. The predicted octanol–water partition coefficient (Wildman–Crippen LogP) is 18.0. The second-order valence-electron chi connectivity index (χ2n) is 17.7. The fourth-order valence-electron chi connectivity index (χ4n) is 7.29. The van der Waals surface area contributed by atoms with Gasteiger partial charge in [-0.3, -0.25) is 14.4 Å². The molecule has 0 spiro atoms. The summed E-state index contributed by atoms with van der Waals surface area (Å²) >= 11 is 0. The van der Waals surface area contributed by atoms with Crippen LogP contribution in [0.4, 0.5) is 0 Å². The highest BCUT2D eigenvalue weighted by Gasteiger charge is 2.19. The van der Waals surface area contributed by atoms with Crippen molar-refractivity contribution in [3.63, 3.8) is 0 Å². The van der Waals surface area contributed by atoms with Crippen LogP contribution in [0.5, 0.6) is 0 Å². The number of rotatable bonds is 48. The third-order valence-corrected chi connectivity index (χ3v) is 11.4. The highest BCUT2D eigenvalue weighted by atomic mass is 16.6. The maximum absolute atomic E-state index is 12.8. The van der Waals surface area contributed by atoms with E-state index in [1.807, 2.05) is 0 Å². The van der Waals surface area contributed by atoms with Crippen LogP contribution in [-0.2, 0) is 28.6 Å². The summed E-state index contributed by atoms with van der Waals surface area (Å²) in [6.07, 6.45) is 68.6. The number of carbonyl (C=O) groups excluding carboxylic acids is 3. The van der Waals surface area contributed by atoms with Gasteiger partial charge in [-0.2, -0.15) is 0 Å². The molecule has 0 N–H and O–H groups in total. The summed E-state index contributed by atoms with van der Waals surface area (Å²) in [5.74, 6) is -0.977. The van der Waals surface area contributed by atoms with E-state index in [4.69, 9.17) is 14.2 Å². The highest BCUT2D eigenvalue weighted by Crippen LogP contribution is 2.14. The van der Waals surface area contributed by atoms with Crippen LogP contribution in [0.1, 0.15) is 252 Å². The normalized spacial score (nSPS) is 12.7. The number of ether oxygens (including phenoxy) is 3. The van der Waals surface area contributed by atoms with Crippen molar-refractivity contribution < 1.29 is 28.6 Å². The van der Waals surface area contributed by atoms with Gasteiger partial charge in [0.15, 0.2) is 6.10 Å². The molecular weight excluding hydrogens is 805 g/mol. The lowest BCUT2D eigenvalue weighted by Crippen LogP contribution is -2.30. The van der Waals surface area contributed by atoms with Gasteiger partial charge < -0.3 is 14.2 Å². The minimum absolute atomic E-state index is 0.102. The zero-order valence-electron chi connectivity index (χ0n) is 42.5. The van der Waals surface area contributed by atoms with Gasteiger partial charge in [0.25, 0.3) is 0 Å². The average molecular weight is 905 g/mol. The van der Waals surface area contributed by atoms with E-state index >= 15 is 0 Å². The van der Waals surface area contributed by atoms with Crippen LogP contribution in [0, 0.1) is 0 Å². The Morgan fingerprint density at radius 2 is 0.615 bits per heavy atom. The summed E-state index contributed by atoms with van der Waals surface area (Å²) in [4.78, 5) is 38.0. The van der Waals surface area contributed by atoms with Crippen molar-refractivity contribution in [3.8, 4) is 0 Å². The van der Waals surface area contributed by atoms with Gasteiger partial charge in [0.2, 0.25) is 0 Å². The van der Waals surface area contributed by atoms with E-state index in [-0.39, 0.29) is 37.5 Å². The summed E-state index contributed by atoms with van der Waals surface area (Å²) in [5, 5.41) is 0. The van der Waals surface area contributed by atoms with Crippen molar-refractivity contribution in [2.45, 2.75) is 258 Å². The molecule has 0 aromatic heterocycles. The Morgan fingerprint density at radius 1 is 0.323 bits per heavy atom. The summed E-state index contributed by atoms with van der Waals surface area (Å²) in [5.41, 5.74) is 0. The molecule has 1 atom stereocenters. The first-order chi connectivity index (χ1) is 32.0. The quantitative estimate of drug-likeness (QED) is 0.0262. The molecule has 0 aliphatic carbocycles. The Hall–Kier alpha value is -3.41. The third-order valence-electron chi connectivity index (χ3n) is 11.4. The largest absolute Gasteiger partial charge is 0.462 e. The van der Waals surface area contributed by atoms with Crippen molar-refractivity contribution in [1.82, 2.24) is 0 Å². The average Bonchev–Trinajstić information content (AvgIpc) is 3.30. The predicted molar refractivity (Wildman–Crippen MR) is 279 cm³/mol. The Kier molecular flexibility index (Phi) is 50.4. The molecule has 372 valence electrons. The molecule has 6 nitrogen and oxygen atoms in total. The molecule has 0 saturated heterocycles. The lowest BCUT2D eigenvalue weighted by Gasteiger charge is -2.18. The fourth-order valence-corrected chi connectivity index (χ4v) is 7.29. The van der Waals surface area contributed by atoms with Gasteiger partial charge >= 0.3 is 17.9 Å². The van der Waals surface area contributed by atoms with E-state index in [0.717, 1.165) is 96.3 Å². The molecule has 0 bridgehead atoms. The molecule has 1 unspecified atom stereocenters. The lowest BCUT2D eigenvalue weighted by molar-refractivity contribution is -0.167. The Labute approximate surface area is 401 Å². The molecule has 0 saturated carbocycles. The van der Waals surface area contributed by atoms with Crippen molar-refractivity contribution in [2.75, 3.05) is 13.2 Å². The maximum Gasteiger partial charge on any atom is 0.306 e. The molecule has 0 fully saturated rings. The van der Waals surface area contributed by atoms with Gasteiger partial charge in [0, 0.05) is 19.3 Å². The van der Waals surface area contributed by atoms with Gasteiger partial charge in [-0.05, 0) is 109 Å². The second-order valence-corrected chi connectivity index (χ2v) is 17.7. The zero-order valence-corrected chi connectivity index (χ0v) is 42.5. The van der Waals surface area contributed by atoms with Crippen LogP contribution in [0.15, 0.2) is 85.1 Å². The minimum atomic E-state index is -0.807. The number of carbonyl (C=O) groups is 3. The van der Waals surface area contributed by atoms with E-state index in [0.29, 0.717) is 19.3 Å². The number of hydrogen-bond acceptors (Lipinski definition) is 6. The van der Waals surface area contributed by atoms with Gasteiger partial charge in [0.05, 0.1) is 0 Å². The van der Waals surface area contributed by atoms with Crippen LogP contribution >= 0.6 is 0 Å². The number of unbranched alkanes of at least 4 members (excludes halogenated alkanes) is 23.